The van der Waals surface area contributed by atoms with Crippen molar-refractivity contribution >= 4 is 6.03 Å². The van der Waals surface area contributed by atoms with Crippen LogP contribution >= 0.6 is 0 Å². The number of urea groups is 1. The number of benzene rings is 1. The molecule has 0 radical (unpaired) electrons. The summed E-state index contributed by atoms with van der Waals surface area (Å²) in [6, 6.07) is 6.02. The van der Waals surface area contributed by atoms with Crippen LogP contribution in [0, 0.1) is 11.7 Å². The fourth-order valence-electron chi connectivity index (χ4n) is 2.02. The van der Waals surface area contributed by atoms with Crippen molar-refractivity contribution in [3.63, 3.8) is 0 Å². The van der Waals surface area contributed by atoms with Gasteiger partial charge in [0, 0.05) is 13.1 Å². The van der Waals surface area contributed by atoms with E-state index in [0.717, 1.165) is 25.1 Å². The lowest BCUT2D eigenvalue weighted by Crippen LogP contribution is -2.38. The molecule has 1 aliphatic heterocycles. The number of hydrogen-bond acceptors (Lipinski definition) is 2. The highest BCUT2D eigenvalue weighted by atomic mass is 19.1. The second kappa shape index (κ2) is 6.35. The van der Waals surface area contributed by atoms with E-state index in [0.29, 0.717) is 19.0 Å². The molecule has 98 valence electrons. The number of rotatable bonds is 4. The van der Waals surface area contributed by atoms with Gasteiger partial charge >= 0.3 is 6.03 Å². The number of carbonyl (C=O) groups excluding carboxylic acids is 1. The zero-order valence-corrected chi connectivity index (χ0v) is 10.2. The summed E-state index contributed by atoms with van der Waals surface area (Å²) in [6.07, 6.45) is 1.10. The zero-order chi connectivity index (χ0) is 12.8. The van der Waals surface area contributed by atoms with Crippen LogP contribution in [0.25, 0.3) is 0 Å². The molecule has 1 aliphatic rings. The van der Waals surface area contributed by atoms with Crippen molar-refractivity contribution in [1.82, 2.24) is 16.0 Å². The fraction of sp³-hybridized carbons (Fsp3) is 0.462. The molecule has 0 aliphatic carbocycles. The maximum absolute atomic E-state index is 12.9. The van der Waals surface area contributed by atoms with Gasteiger partial charge in [0.2, 0.25) is 0 Å². The Kier molecular flexibility index (Phi) is 4.52. The number of carbonyl (C=O) groups is 1. The van der Waals surface area contributed by atoms with Crippen molar-refractivity contribution in [2.45, 2.75) is 13.0 Å². The summed E-state index contributed by atoms with van der Waals surface area (Å²) in [4.78, 5) is 11.5. The van der Waals surface area contributed by atoms with E-state index in [9.17, 15) is 9.18 Å². The molecule has 0 bridgehead atoms. The van der Waals surface area contributed by atoms with E-state index in [1.165, 1.54) is 12.1 Å². The third-order valence-electron chi connectivity index (χ3n) is 3.06. The standard InChI is InChI=1S/C13H18FN3O/c14-12-3-1-2-10(6-12)8-16-13(18)17-9-11-4-5-15-7-11/h1-3,6,11,15H,4-5,7-9H2,(H2,16,17,18). The first-order chi connectivity index (χ1) is 8.74. The van der Waals surface area contributed by atoms with Gasteiger partial charge in [-0.1, -0.05) is 12.1 Å². The van der Waals surface area contributed by atoms with Gasteiger partial charge in [0.25, 0.3) is 0 Å². The molecule has 3 N–H and O–H groups in total. The third-order valence-corrected chi connectivity index (χ3v) is 3.06. The smallest absolute Gasteiger partial charge is 0.315 e. The van der Waals surface area contributed by atoms with Crippen molar-refractivity contribution in [3.8, 4) is 0 Å². The molecule has 1 saturated heterocycles. The zero-order valence-electron chi connectivity index (χ0n) is 10.2. The lowest BCUT2D eigenvalue weighted by atomic mass is 10.1. The predicted molar refractivity (Wildman–Crippen MR) is 67.6 cm³/mol. The maximum Gasteiger partial charge on any atom is 0.315 e. The summed E-state index contributed by atoms with van der Waals surface area (Å²) in [7, 11) is 0. The Bertz CT molecular complexity index is 405. The normalized spacial score (nSPS) is 18.6. The molecule has 1 fully saturated rings. The van der Waals surface area contributed by atoms with Crippen molar-refractivity contribution < 1.29 is 9.18 Å². The van der Waals surface area contributed by atoms with Gasteiger partial charge in [-0.2, -0.15) is 0 Å². The third kappa shape index (κ3) is 4.00. The Hall–Kier alpha value is -1.62. The first-order valence-electron chi connectivity index (χ1n) is 6.21. The van der Waals surface area contributed by atoms with Gasteiger partial charge in [0.1, 0.15) is 5.82 Å². The summed E-state index contributed by atoms with van der Waals surface area (Å²) in [5.74, 6) is 0.233. The lowest BCUT2D eigenvalue weighted by molar-refractivity contribution is 0.239. The largest absolute Gasteiger partial charge is 0.338 e. The second-order valence-corrected chi connectivity index (χ2v) is 4.55. The van der Waals surface area contributed by atoms with E-state index in [1.54, 1.807) is 12.1 Å². The van der Waals surface area contributed by atoms with Crippen LogP contribution in [-0.2, 0) is 6.54 Å². The Morgan fingerprint density at radius 3 is 3.06 bits per heavy atom. The van der Waals surface area contributed by atoms with Gasteiger partial charge in [0.15, 0.2) is 0 Å². The Morgan fingerprint density at radius 1 is 1.44 bits per heavy atom. The SMILES string of the molecule is O=C(NCc1cccc(F)c1)NCC1CCNC1. The van der Waals surface area contributed by atoms with Crippen LogP contribution in [0.4, 0.5) is 9.18 Å². The van der Waals surface area contributed by atoms with Gasteiger partial charge in [-0.3, -0.25) is 0 Å². The van der Waals surface area contributed by atoms with Crippen LogP contribution in [-0.4, -0.2) is 25.7 Å². The Labute approximate surface area is 106 Å². The first-order valence-corrected chi connectivity index (χ1v) is 6.21. The minimum atomic E-state index is -0.285. The highest BCUT2D eigenvalue weighted by Crippen LogP contribution is 2.05. The van der Waals surface area contributed by atoms with Gasteiger partial charge in [-0.25, -0.2) is 9.18 Å². The molecular weight excluding hydrogens is 233 g/mol. The van der Waals surface area contributed by atoms with E-state index >= 15 is 0 Å². The van der Waals surface area contributed by atoms with Crippen molar-refractivity contribution in [2.75, 3.05) is 19.6 Å². The van der Waals surface area contributed by atoms with Gasteiger partial charge in [0.05, 0.1) is 0 Å². The number of hydrogen-bond donors (Lipinski definition) is 3. The molecule has 2 amide bonds. The number of amides is 2. The van der Waals surface area contributed by atoms with E-state index in [2.05, 4.69) is 16.0 Å². The quantitative estimate of drug-likeness (QED) is 0.754. The molecule has 0 spiro atoms. The van der Waals surface area contributed by atoms with Crippen molar-refractivity contribution in [1.29, 1.82) is 0 Å². The molecule has 1 atom stereocenters. The maximum atomic E-state index is 12.9. The predicted octanol–water partition coefficient (Wildman–Crippen LogP) is 1.23. The molecule has 1 aromatic rings. The van der Waals surface area contributed by atoms with Crippen molar-refractivity contribution in [2.24, 2.45) is 5.92 Å². The van der Waals surface area contributed by atoms with E-state index in [1.807, 2.05) is 0 Å². The van der Waals surface area contributed by atoms with Crippen LogP contribution < -0.4 is 16.0 Å². The molecule has 1 unspecified atom stereocenters. The Morgan fingerprint density at radius 2 is 2.33 bits per heavy atom. The lowest BCUT2D eigenvalue weighted by Gasteiger charge is -2.11. The summed E-state index contributed by atoms with van der Waals surface area (Å²) >= 11 is 0. The molecule has 2 rings (SSSR count). The van der Waals surface area contributed by atoms with Crippen LogP contribution in [0.5, 0.6) is 0 Å². The molecule has 4 nitrogen and oxygen atoms in total. The number of halogens is 1. The minimum absolute atomic E-state index is 0.203. The Balaban J connectivity index is 1.68. The molecule has 1 heterocycles. The first kappa shape index (κ1) is 12.8. The summed E-state index contributed by atoms with van der Waals surface area (Å²) in [5.41, 5.74) is 0.757. The molecule has 18 heavy (non-hydrogen) atoms. The summed E-state index contributed by atoms with van der Waals surface area (Å²) < 4.78 is 12.9. The average Bonchev–Trinajstić information content (AvgIpc) is 2.87. The van der Waals surface area contributed by atoms with E-state index in [-0.39, 0.29) is 11.8 Å². The molecule has 1 aromatic carbocycles. The summed E-state index contributed by atoms with van der Waals surface area (Å²) in [6.45, 7) is 3.01. The van der Waals surface area contributed by atoms with Crippen LogP contribution in [0.1, 0.15) is 12.0 Å². The van der Waals surface area contributed by atoms with Crippen LogP contribution in [0.3, 0.4) is 0 Å². The number of nitrogens with one attached hydrogen (secondary N) is 3. The van der Waals surface area contributed by atoms with Crippen LogP contribution in [0.2, 0.25) is 0 Å². The topological polar surface area (TPSA) is 53.2 Å². The fourth-order valence-corrected chi connectivity index (χ4v) is 2.02. The average molecular weight is 251 g/mol. The molecule has 0 aromatic heterocycles. The summed E-state index contributed by atoms with van der Waals surface area (Å²) in [5, 5.41) is 8.79. The van der Waals surface area contributed by atoms with E-state index in [4.69, 9.17) is 0 Å². The monoisotopic (exact) mass is 251 g/mol. The second-order valence-electron chi connectivity index (χ2n) is 4.55. The van der Waals surface area contributed by atoms with E-state index < -0.39 is 0 Å². The molecular formula is C13H18FN3O. The van der Waals surface area contributed by atoms with Crippen LogP contribution in [0.15, 0.2) is 24.3 Å². The van der Waals surface area contributed by atoms with Gasteiger partial charge in [-0.15, -0.1) is 0 Å². The minimum Gasteiger partial charge on any atom is -0.338 e. The highest BCUT2D eigenvalue weighted by Gasteiger charge is 2.14. The van der Waals surface area contributed by atoms with Crippen molar-refractivity contribution in [3.05, 3.63) is 35.6 Å². The van der Waals surface area contributed by atoms with Gasteiger partial charge in [-0.05, 0) is 43.1 Å². The highest BCUT2D eigenvalue weighted by molar-refractivity contribution is 5.73. The van der Waals surface area contributed by atoms with Gasteiger partial charge < -0.3 is 16.0 Å². The molecule has 5 heteroatoms. The molecule has 0 saturated carbocycles.